The van der Waals surface area contributed by atoms with Crippen LogP contribution in [0.1, 0.15) is 46.0 Å². The minimum absolute atomic E-state index is 0.113. The highest BCUT2D eigenvalue weighted by Crippen LogP contribution is 2.21. The highest BCUT2D eigenvalue weighted by molar-refractivity contribution is 9.10. The van der Waals surface area contributed by atoms with E-state index in [0.29, 0.717) is 17.7 Å². The van der Waals surface area contributed by atoms with Gasteiger partial charge in [0.2, 0.25) is 0 Å². The Balaban J connectivity index is 2.00. The molecule has 0 heterocycles. The van der Waals surface area contributed by atoms with Crippen LogP contribution in [0.5, 0.6) is 0 Å². The van der Waals surface area contributed by atoms with Crippen molar-refractivity contribution in [2.24, 2.45) is 0 Å². The smallest absolute Gasteiger partial charge is 0.255 e. The monoisotopic (exact) mass is 388 g/mol. The van der Waals surface area contributed by atoms with E-state index in [0.717, 1.165) is 28.6 Å². The van der Waals surface area contributed by atoms with Crippen LogP contribution in [0.4, 0.5) is 5.69 Å². The van der Waals surface area contributed by atoms with E-state index in [1.54, 1.807) is 24.3 Å². The second-order valence-corrected chi connectivity index (χ2v) is 6.46. The Bertz CT molecular complexity index is 727. The number of hydrogen-bond donors (Lipinski definition) is 2. The molecule has 0 bridgehead atoms. The maximum absolute atomic E-state index is 12.3. The molecule has 0 aliphatic heterocycles. The molecule has 2 amide bonds. The lowest BCUT2D eigenvalue weighted by Gasteiger charge is -2.08. The number of rotatable bonds is 6. The first-order valence-corrected chi connectivity index (χ1v) is 8.76. The number of nitrogens with one attached hydrogen (secondary N) is 2. The number of carbonyl (C=O) groups is 2. The van der Waals surface area contributed by atoms with Crippen LogP contribution in [0.3, 0.4) is 0 Å². The standard InChI is InChI=1S/C19H21BrN2O2/c1-3-4-11-21-18(23)14-6-8-15(9-7-14)19(24)22-16-10-5-13(2)17(20)12-16/h5-10,12H,3-4,11H2,1-2H3,(H,21,23)(H,22,24). The van der Waals surface area contributed by atoms with E-state index < -0.39 is 0 Å². The quantitative estimate of drug-likeness (QED) is 0.713. The second-order valence-electron chi connectivity index (χ2n) is 5.60. The number of hydrogen-bond acceptors (Lipinski definition) is 2. The Morgan fingerprint density at radius 1 is 1.00 bits per heavy atom. The Labute approximate surface area is 150 Å². The van der Waals surface area contributed by atoms with E-state index in [4.69, 9.17) is 0 Å². The van der Waals surface area contributed by atoms with Gasteiger partial charge in [-0.2, -0.15) is 0 Å². The number of unbranched alkanes of at least 4 members (excludes halogenated alkanes) is 1. The van der Waals surface area contributed by atoms with E-state index in [2.05, 4.69) is 33.5 Å². The molecule has 0 aromatic heterocycles. The minimum Gasteiger partial charge on any atom is -0.352 e. The third-order valence-electron chi connectivity index (χ3n) is 3.65. The summed E-state index contributed by atoms with van der Waals surface area (Å²) in [6.45, 7) is 4.73. The first-order valence-electron chi connectivity index (χ1n) is 7.97. The maximum atomic E-state index is 12.3. The lowest BCUT2D eigenvalue weighted by Crippen LogP contribution is -2.24. The molecule has 5 heteroatoms. The Morgan fingerprint density at radius 2 is 1.62 bits per heavy atom. The highest BCUT2D eigenvalue weighted by Gasteiger charge is 2.09. The average Bonchev–Trinajstić information content (AvgIpc) is 2.58. The SMILES string of the molecule is CCCCNC(=O)c1ccc(C(=O)Nc2ccc(C)c(Br)c2)cc1. The summed E-state index contributed by atoms with van der Waals surface area (Å²) in [5, 5.41) is 5.70. The first-order chi connectivity index (χ1) is 11.5. The summed E-state index contributed by atoms with van der Waals surface area (Å²) in [4.78, 5) is 24.2. The van der Waals surface area contributed by atoms with Crippen molar-refractivity contribution in [1.29, 1.82) is 0 Å². The summed E-state index contributed by atoms with van der Waals surface area (Å²) in [5.41, 5.74) is 2.89. The van der Waals surface area contributed by atoms with E-state index in [1.807, 2.05) is 25.1 Å². The lowest BCUT2D eigenvalue weighted by atomic mass is 10.1. The van der Waals surface area contributed by atoms with Crippen LogP contribution in [-0.4, -0.2) is 18.4 Å². The fourth-order valence-corrected chi connectivity index (χ4v) is 2.51. The predicted octanol–water partition coefficient (Wildman–Crippen LogP) is 4.54. The van der Waals surface area contributed by atoms with Crippen molar-refractivity contribution >= 4 is 33.4 Å². The van der Waals surface area contributed by atoms with Crippen molar-refractivity contribution in [3.05, 3.63) is 63.6 Å². The molecule has 0 radical (unpaired) electrons. The molecule has 0 saturated carbocycles. The van der Waals surface area contributed by atoms with Crippen molar-refractivity contribution in [1.82, 2.24) is 5.32 Å². The first kappa shape index (κ1) is 18.2. The Hall–Kier alpha value is -2.14. The number of halogens is 1. The van der Waals surface area contributed by atoms with Gasteiger partial charge in [0.15, 0.2) is 0 Å². The molecule has 0 atom stereocenters. The van der Waals surface area contributed by atoms with Crippen LogP contribution in [0.2, 0.25) is 0 Å². The van der Waals surface area contributed by atoms with Gasteiger partial charge in [0, 0.05) is 27.8 Å². The summed E-state index contributed by atoms with van der Waals surface area (Å²) in [7, 11) is 0. The Morgan fingerprint density at radius 3 is 2.21 bits per heavy atom. The average molecular weight is 389 g/mol. The topological polar surface area (TPSA) is 58.2 Å². The molecule has 0 saturated heterocycles. The third kappa shape index (κ3) is 4.93. The van der Waals surface area contributed by atoms with E-state index in [-0.39, 0.29) is 11.8 Å². The van der Waals surface area contributed by atoms with Gasteiger partial charge in [-0.1, -0.05) is 35.3 Å². The van der Waals surface area contributed by atoms with Crippen molar-refractivity contribution in [3.8, 4) is 0 Å². The molecule has 0 aliphatic carbocycles. The predicted molar refractivity (Wildman–Crippen MR) is 101 cm³/mol. The summed E-state index contributed by atoms with van der Waals surface area (Å²) in [5.74, 6) is -0.318. The fraction of sp³-hybridized carbons (Fsp3) is 0.263. The molecule has 2 rings (SSSR count). The van der Waals surface area contributed by atoms with Crippen LogP contribution in [0.15, 0.2) is 46.9 Å². The van der Waals surface area contributed by atoms with Gasteiger partial charge < -0.3 is 10.6 Å². The fourth-order valence-electron chi connectivity index (χ4n) is 2.13. The molecular formula is C19H21BrN2O2. The summed E-state index contributed by atoms with van der Waals surface area (Å²) in [6, 6.07) is 12.3. The van der Waals surface area contributed by atoms with Gasteiger partial charge in [-0.15, -0.1) is 0 Å². The molecule has 2 aromatic carbocycles. The van der Waals surface area contributed by atoms with Crippen LogP contribution in [0, 0.1) is 6.92 Å². The van der Waals surface area contributed by atoms with Gasteiger partial charge >= 0.3 is 0 Å². The number of carbonyl (C=O) groups excluding carboxylic acids is 2. The van der Waals surface area contributed by atoms with Crippen LogP contribution < -0.4 is 10.6 Å². The minimum atomic E-state index is -0.205. The number of aryl methyl sites for hydroxylation is 1. The zero-order valence-corrected chi connectivity index (χ0v) is 15.4. The molecule has 24 heavy (non-hydrogen) atoms. The van der Waals surface area contributed by atoms with E-state index in [1.165, 1.54) is 0 Å². The third-order valence-corrected chi connectivity index (χ3v) is 4.51. The van der Waals surface area contributed by atoms with Gasteiger partial charge in [-0.3, -0.25) is 9.59 Å². The van der Waals surface area contributed by atoms with Gasteiger partial charge in [-0.05, 0) is 55.3 Å². The summed E-state index contributed by atoms with van der Waals surface area (Å²) >= 11 is 3.45. The summed E-state index contributed by atoms with van der Waals surface area (Å²) < 4.78 is 0.944. The second kappa shape index (κ2) is 8.64. The van der Waals surface area contributed by atoms with Crippen LogP contribution in [0.25, 0.3) is 0 Å². The normalized spacial score (nSPS) is 10.3. The van der Waals surface area contributed by atoms with Gasteiger partial charge in [-0.25, -0.2) is 0 Å². The number of benzene rings is 2. The van der Waals surface area contributed by atoms with Crippen molar-refractivity contribution in [2.75, 3.05) is 11.9 Å². The molecule has 0 spiro atoms. The molecule has 2 aromatic rings. The molecule has 0 fully saturated rings. The Kier molecular flexibility index (Phi) is 6.55. The molecule has 0 aliphatic rings. The van der Waals surface area contributed by atoms with Gasteiger partial charge in [0.05, 0.1) is 0 Å². The van der Waals surface area contributed by atoms with E-state index >= 15 is 0 Å². The zero-order valence-electron chi connectivity index (χ0n) is 13.9. The number of anilines is 1. The molecule has 126 valence electrons. The van der Waals surface area contributed by atoms with E-state index in [9.17, 15) is 9.59 Å². The molecule has 4 nitrogen and oxygen atoms in total. The van der Waals surface area contributed by atoms with Crippen molar-refractivity contribution in [2.45, 2.75) is 26.7 Å². The van der Waals surface area contributed by atoms with Crippen molar-refractivity contribution < 1.29 is 9.59 Å². The molecule has 2 N–H and O–H groups in total. The van der Waals surface area contributed by atoms with Crippen LogP contribution >= 0.6 is 15.9 Å². The van der Waals surface area contributed by atoms with Gasteiger partial charge in [0.25, 0.3) is 11.8 Å². The zero-order chi connectivity index (χ0) is 17.5. The lowest BCUT2D eigenvalue weighted by molar-refractivity contribution is 0.0951. The van der Waals surface area contributed by atoms with Gasteiger partial charge in [0.1, 0.15) is 0 Å². The summed E-state index contributed by atoms with van der Waals surface area (Å²) in [6.07, 6.45) is 1.99. The maximum Gasteiger partial charge on any atom is 0.255 e. The van der Waals surface area contributed by atoms with Crippen molar-refractivity contribution in [3.63, 3.8) is 0 Å². The molecule has 0 unspecified atom stereocenters. The van der Waals surface area contributed by atoms with Crippen LogP contribution in [-0.2, 0) is 0 Å². The highest BCUT2D eigenvalue weighted by atomic mass is 79.9. The molecular weight excluding hydrogens is 368 g/mol. The number of amides is 2. The largest absolute Gasteiger partial charge is 0.352 e.